The number of nitrogens with zero attached hydrogens (tertiary/aromatic N) is 2. The smallest absolute Gasteiger partial charge is 0.223 e. The topological polar surface area (TPSA) is 35.6 Å². The maximum atomic E-state index is 12.4. The van der Waals surface area contributed by atoms with Crippen LogP contribution in [-0.2, 0) is 4.79 Å². The van der Waals surface area contributed by atoms with Crippen LogP contribution in [0.2, 0.25) is 0 Å². The van der Waals surface area contributed by atoms with Gasteiger partial charge in [-0.15, -0.1) is 12.4 Å². The number of amides is 1. The van der Waals surface area contributed by atoms with Crippen molar-refractivity contribution in [1.29, 1.82) is 0 Å². The van der Waals surface area contributed by atoms with Gasteiger partial charge in [-0.3, -0.25) is 9.69 Å². The zero-order valence-corrected chi connectivity index (χ0v) is 15.5. The zero-order valence-electron chi connectivity index (χ0n) is 14.6. The van der Waals surface area contributed by atoms with Gasteiger partial charge >= 0.3 is 0 Å². The van der Waals surface area contributed by atoms with Crippen LogP contribution in [0.4, 0.5) is 0 Å². The average Bonchev–Trinajstić information content (AvgIpc) is 3.41. The van der Waals surface area contributed by atoms with Gasteiger partial charge in [0, 0.05) is 51.2 Å². The largest absolute Gasteiger partial charge is 0.340 e. The Labute approximate surface area is 147 Å². The van der Waals surface area contributed by atoms with E-state index in [-0.39, 0.29) is 12.4 Å². The summed E-state index contributed by atoms with van der Waals surface area (Å²) in [6.07, 6.45) is 10.3. The van der Waals surface area contributed by atoms with Crippen LogP contribution in [-0.4, -0.2) is 60.5 Å². The molecule has 1 aliphatic heterocycles. The summed E-state index contributed by atoms with van der Waals surface area (Å²) in [7, 11) is 0. The molecule has 1 saturated heterocycles. The highest BCUT2D eigenvalue weighted by atomic mass is 35.5. The van der Waals surface area contributed by atoms with Gasteiger partial charge in [0.15, 0.2) is 0 Å². The van der Waals surface area contributed by atoms with Crippen molar-refractivity contribution < 1.29 is 4.79 Å². The Morgan fingerprint density at radius 3 is 2.13 bits per heavy atom. The monoisotopic (exact) mass is 343 g/mol. The first-order valence-electron chi connectivity index (χ1n) is 9.52. The molecule has 0 radical (unpaired) electrons. The van der Waals surface area contributed by atoms with Crippen LogP contribution in [0.25, 0.3) is 0 Å². The lowest BCUT2D eigenvalue weighted by Crippen LogP contribution is -2.48. The molecule has 0 unspecified atom stereocenters. The number of rotatable bonds is 6. The fraction of sp³-hybridized carbons (Fsp3) is 0.944. The molecule has 0 spiro atoms. The van der Waals surface area contributed by atoms with Crippen LogP contribution in [0, 0.1) is 5.92 Å². The molecule has 0 atom stereocenters. The van der Waals surface area contributed by atoms with Crippen molar-refractivity contribution in [2.45, 2.75) is 70.4 Å². The fourth-order valence-corrected chi connectivity index (χ4v) is 4.25. The van der Waals surface area contributed by atoms with Crippen molar-refractivity contribution >= 4 is 18.3 Å². The minimum absolute atomic E-state index is 0. The van der Waals surface area contributed by atoms with Crippen molar-refractivity contribution in [3.05, 3.63) is 0 Å². The molecule has 23 heavy (non-hydrogen) atoms. The molecule has 1 heterocycles. The van der Waals surface area contributed by atoms with E-state index in [4.69, 9.17) is 0 Å². The van der Waals surface area contributed by atoms with Gasteiger partial charge in [0.2, 0.25) is 5.91 Å². The number of hydrogen-bond donors (Lipinski definition) is 1. The summed E-state index contributed by atoms with van der Waals surface area (Å²) in [4.78, 5) is 17.1. The number of carbonyl (C=O) groups is 1. The predicted octanol–water partition coefficient (Wildman–Crippen LogP) is 2.66. The Morgan fingerprint density at radius 2 is 1.61 bits per heavy atom. The fourth-order valence-electron chi connectivity index (χ4n) is 4.25. The lowest BCUT2D eigenvalue weighted by atomic mass is 9.84. The van der Waals surface area contributed by atoms with E-state index < -0.39 is 0 Å². The van der Waals surface area contributed by atoms with E-state index in [9.17, 15) is 4.79 Å². The van der Waals surface area contributed by atoms with E-state index in [1.807, 2.05) is 0 Å². The van der Waals surface area contributed by atoms with E-state index in [2.05, 4.69) is 22.0 Å². The van der Waals surface area contributed by atoms with Gasteiger partial charge in [0.25, 0.3) is 0 Å². The molecule has 4 nitrogen and oxygen atoms in total. The Kier molecular flexibility index (Phi) is 7.64. The van der Waals surface area contributed by atoms with Crippen LogP contribution in [0.15, 0.2) is 0 Å². The third-order valence-corrected chi connectivity index (χ3v) is 5.93. The number of nitrogens with one attached hydrogen (secondary N) is 1. The number of hydrogen-bond acceptors (Lipinski definition) is 3. The second-order valence-electron chi connectivity index (χ2n) is 7.43. The standard InChI is InChI=1S/C18H33N3O.ClH/c1-2-15-3-5-16(6-4-15)21(17-7-8-17)12-9-18(22)20-13-10-19-11-14-20;/h15-17,19H,2-14H2,1H3;1H. The molecule has 0 aromatic carbocycles. The van der Waals surface area contributed by atoms with Crippen LogP contribution in [0.5, 0.6) is 0 Å². The molecule has 1 amide bonds. The van der Waals surface area contributed by atoms with Gasteiger partial charge in [0.05, 0.1) is 0 Å². The molecule has 5 heteroatoms. The first kappa shape index (κ1) is 19.0. The van der Waals surface area contributed by atoms with Crippen molar-refractivity contribution in [2.75, 3.05) is 32.7 Å². The highest BCUT2D eigenvalue weighted by Crippen LogP contribution is 2.36. The van der Waals surface area contributed by atoms with Gasteiger partial charge < -0.3 is 10.2 Å². The van der Waals surface area contributed by atoms with Crippen LogP contribution < -0.4 is 5.32 Å². The van der Waals surface area contributed by atoms with Crippen molar-refractivity contribution in [3.63, 3.8) is 0 Å². The quantitative estimate of drug-likeness (QED) is 0.805. The highest BCUT2D eigenvalue weighted by molar-refractivity contribution is 5.85. The first-order valence-corrected chi connectivity index (χ1v) is 9.52. The number of carbonyl (C=O) groups excluding carboxylic acids is 1. The number of piperazine rings is 1. The molecular weight excluding hydrogens is 310 g/mol. The summed E-state index contributed by atoms with van der Waals surface area (Å²) in [5.74, 6) is 1.33. The summed E-state index contributed by atoms with van der Waals surface area (Å²) in [5, 5.41) is 3.32. The molecule has 2 aliphatic carbocycles. The van der Waals surface area contributed by atoms with E-state index in [1.54, 1.807) is 0 Å². The summed E-state index contributed by atoms with van der Waals surface area (Å²) < 4.78 is 0. The molecule has 0 bridgehead atoms. The zero-order chi connectivity index (χ0) is 15.4. The second kappa shape index (κ2) is 9.24. The maximum Gasteiger partial charge on any atom is 0.223 e. The van der Waals surface area contributed by atoms with Crippen molar-refractivity contribution in [1.82, 2.24) is 15.1 Å². The Bertz CT molecular complexity index is 361. The summed E-state index contributed by atoms with van der Waals surface area (Å²) in [6, 6.07) is 1.55. The molecule has 1 N–H and O–H groups in total. The van der Waals surface area contributed by atoms with Crippen LogP contribution >= 0.6 is 12.4 Å². The summed E-state index contributed by atoms with van der Waals surface area (Å²) in [5.41, 5.74) is 0. The van der Waals surface area contributed by atoms with Crippen LogP contribution in [0.1, 0.15) is 58.3 Å². The molecule has 0 aromatic rings. The Hall–Kier alpha value is -0.320. The van der Waals surface area contributed by atoms with E-state index in [1.165, 1.54) is 44.9 Å². The van der Waals surface area contributed by atoms with E-state index in [0.29, 0.717) is 5.91 Å². The van der Waals surface area contributed by atoms with E-state index >= 15 is 0 Å². The molecule has 3 aliphatic rings. The maximum absolute atomic E-state index is 12.4. The van der Waals surface area contributed by atoms with Gasteiger partial charge in [0.1, 0.15) is 0 Å². The van der Waals surface area contributed by atoms with Gasteiger partial charge in [-0.1, -0.05) is 13.3 Å². The summed E-state index contributed by atoms with van der Waals surface area (Å²) >= 11 is 0. The first-order chi connectivity index (χ1) is 10.8. The lowest BCUT2D eigenvalue weighted by Gasteiger charge is -2.37. The van der Waals surface area contributed by atoms with Gasteiger partial charge in [-0.25, -0.2) is 0 Å². The lowest BCUT2D eigenvalue weighted by molar-refractivity contribution is -0.132. The van der Waals surface area contributed by atoms with Crippen LogP contribution in [0.3, 0.4) is 0 Å². The van der Waals surface area contributed by atoms with Gasteiger partial charge in [-0.05, 0) is 44.4 Å². The Morgan fingerprint density at radius 1 is 1.04 bits per heavy atom. The van der Waals surface area contributed by atoms with Crippen molar-refractivity contribution in [3.8, 4) is 0 Å². The normalized spacial score (nSPS) is 28.5. The number of halogens is 1. The third-order valence-electron chi connectivity index (χ3n) is 5.93. The molecule has 2 saturated carbocycles. The molecule has 0 aromatic heterocycles. The SMILES string of the molecule is CCC1CCC(N(CCC(=O)N2CCNCC2)C2CC2)CC1.Cl. The van der Waals surface area contributed by atoms with Crippen molar-refractivity contribution in [2.24, 2.45) is 5.92 Å². The molecular formula is C18H34ClN3O. The minimum Gasteiger partial charge on any atom is -0.340 e. The second-order valence-corrected chi connectivity index (χ2v) is 7.43. The third kappa shape index (κ3) is 5.33. The average molecular weight is 344 g/mol. The van der Waals surface area contributed by atoms with Gasteiger partial charge in [-0.2, -0.15) is 0 Å². The predicted molar refractivity (Wildman–Crippen MR) is 97.1 cm³/mol. The molecule has 3 fully saturated rings. The van der Waals surface area contributed by atoms with E-state index in [0.717, 1.165) is 57.1 Å². The highest BCUT2D eigenvalue weighted by Gasteiger charge is 2.35. The Balaban J connectivity index is 0.00000192. The molecule has 3 rings (SSSR count). The molecule has 134 valence electrons. The summed E-state index contributed by atoms with van der Waals surface area (Å²) in [6.45, 7) is 7.02. The minimum atomic E-state index is 0.